The van der Waals surface area contributed by atoms with Crippen LogP contribution in [0.3, 0.4) is 0 Å². The number of aromatic nitrogens is 2. The molecule has 16 heavy (non-hydrogen) atoms. The van der Waals surface area contributed by atoms with Crippen molar-refractivity contribution in [2.75, 3.05) is 0 Å². The third-order valence-corrected chi connectivity index (χ3v) is 3.99. The molecular weight excluding hydrogens is 218 g/mol. The summed E-state index contributed by atoms with van der Waals surface area (Å²) in [6.07, 6.45) is 5.68. The number of hydrogen-bond donors (Lipinski definition) is 1. The molecule has 4 heteroatoms. The van der Waals surface area contributed by atoms with Crippen LogP contribution in [0.1, 0.15) is 28.7 Å². The summed E-state index contributed by atoms with van der Waals surface area (Å²) in [4.78, 5) is 5.60. The summed E-state index contributed by atoms with van der Waals surface area (Å²) in [5, 5.41) is 2.10. The molecule has 0 aliphatic carbocycles. The molecule has 0 aliphatic heterocycles. The van der Waals surface area contributed by atoms with Gasteiger partial charge in [0, 0.05) is 36.8 Å². The van der Waals surface area contributed by atoms with Crippen molar-refractivity contribution in [1.29, 1.82) is 0 Å². The molecule has 1 unspecified atom stereocenters. The van der Waals surface area contributed by atoms with Crippen molar-refractivity contribution in [3.63, 3.8) is 0 Å². The highest BCUT2D eigenvalue weighted by molar-refractivity contribution is 7.10. The monoisotopic (exact) mass is 235 g/mol. The van der Waals surface area contributed by atoms with Gasteiger partial charge in [-0.3, -0.25) is 0 Å². The van der Waals surface area contributed by atoms with Crippen molar-refractivity contribution in [3.05, 3.63) is 40.1 Å². The summed E-state index contributed by atoms with van der Waals surface area (Å²) in [7, 11) is 2.02. The second-order valence-electron chi connectivity index (χ2n) is 4.07. The number of aryl methyl sites for hydroxylation is 3. The zero-order valence-corrected chi connectivity index (χ0v) is 10.5. The highest BCUT2D eigenvalue weighted by atomic mass is 32.1. The number of thiophene rings is 1. The predicted molar refractivity (Wildman–Crippen MR) is 67.5 cm³/mol. The van der Waals surface area contributed by atoms with Gasteiger partial charge in [0.15, 0.2) is 0 Å². The maximum atomic E-state index is 6.18. The van der Waals surface area contributed by atoms with E-state index < -0.39 is 0 Å². The molecule has 0 spiro atoms. The summed E-state index contributed by atoms with van der Waals surface area (Å²) < 4.78 is 2.05. The SMILES string of the molecule is Cc1ccsc1C(N)CCc1nccn1C. The normalized spacial score (nSPS) is 12.9. The topological polar surface area (TPSA) is 43.8 Å². The smallest absolute Gasteiger partial charge is 0.108 e. The number of nitrogens with two attached hydrogens (primary N) is 1. The van der Waals surface area contributed by atoms with E-state index in [0.29, 0.717) is 0 Å². The fourth-order valence-electron chi connectivity index (χ4n) is 1.82. The third-order valence-electron chi connectivity index (χ3n) is 2.84. The first-order valence-electron chi connectivity index (χ1n) is 5.44. The number of nitrogens with zero attached hydrogens (tertiary/aromatic N) is 2. The first-order chi connectivity index (χ1) is 7.68. The minimum absolute atomic E-state index is 0.136. The fraction of sp³-hybridized carbons (Fsp3) is 0.417. The molecule has 0 aromatic carbocycles. The van der Waals surface area contributed by atoms with E-state index in [1.54, 1.807) is 11.3 Å². The molecule has 0 saturated heterocycles. The van der Waals surface area contributed by atoms with E-state index >= 15 is 0 Å². The van der Waals surface area contributed by atoms with Crippen molar-refractivity contribution < 1.29 is 0 Å². The van der Waals surface area contributed by atoms with Crippen molar-refractivity contribution in [3.8, 4) is 0 Å². The molecule has 0 fully saturated rings. The van der Waals surface area contributed by atoms with Crippen LogP contribution >= 0.6 is 11.3 Å². The van der Waals surface area contributed by atoms with E-state index in [1.807, 2.05) is 24.0 Å². The van der Waals surface area contributed by atoms with E-state index in [9.17, 15) is 0 Å². The Balaban J connectivity index is 1.97. The average Bonchev–Trinajstić information content (AvgIpc) is 2.84. The van der Waals surface area contributed by atoms with Crippen molar-refractivity contribution in [1.82, 2.24) is 9.55 Å². The molecule has 2 heterocycles. The summed E-state index contributed by atoms with van der Waals surface area (Å²) in [5.74, 6) is 1.10. The number of hydrogen-bond acceptors (Lipinski definition) is 3. The van der Waals surface area contributed by atoms with Crippen LogP contribution in [0.2, 0.25) is 0 Å². The summed E-state index contributed by atoms with van der Waals surface area (Å²) in [6.45, 7) is 2.12. The van der Waals surface area contributed by atoms with Crippen LogP contribution in [-0.2, 0) is 13.5 Å². The molecule has 2 rings (SSSR count). The molecule has 0 amide bonds. The van der Waals surface area contributed by atoms with Gasteiger partial charge in [-0.2, -0.15) is 0 Å². The van der Waals surface area contributed by atoms with Crippen LogP contribution in [0, 0.1) is 6.92 Å². The molecule has 2 N–H and O–H groups in total. The Labute approximate surface area is 99.9 Å². The minimum atomic E-state index is 0.136. The van der Waals surface area contributed by atoms with Gasteiger partial charge in [-0.1, -0.05) is 0 Å². The highest BCUT2D eigenvalue weighted by Gasteiger charge is 2.11. The predicted octanol–water partition coefficient (Wildman–Crippen LogP) is 2.42. The van der Waals surface area contributed by atoms with Crippen LogP contribution in [-0.4, -0.2) is 9.55 Å². The van der Waals surface area contributed by atoms with Crippen LogP contribution in [0.5, 0.6) is 0 Å². The van der Waals surface area contributed by atoms with Crippen LogP contribution in [0.25, 0.3) is 0 Å². The van der Waals surface area contributed by atoms with Crippen molar-refractivity contribution in [2.45, 2.75) is 25.8 Å². The van der Waals surface area contributed by atoms with Crippen LogP contribution in [0.15, 0.2) is 23.8 Å². The Morgan fingerprint density at radius 2 is 2.38 bits per heavy atom. The molecule has 3 nitrogen and oxygen atoms in total. The summed E-state index contributed by atoms with van der Waals surface area (Å²) in [6, 6.07) is 2.26. The lowest BCUT2D eigenvalue weighted by atomic mass is 10.1. The molecule has 2 aromatic heterocycles. The molecular formula is C12H17N3S. The minimum Gasteiger partial charge on any atom is -0.338 e. The lowest BCUT2D eigenvalue weighted by molar-refractivity contribution is 0.626. The summed E-state index contributed by atoms with van der Waals surface area (Å²) in [5.41, 5.74) is 7.48. The molecule has 1 atom stereocenters. The van der Waals surface area contributed by atoms with E-state index in [4.69, 9.17) is 5.73 Å². The molecule has 0 bridgehead atoms. The van der Waals surface area contributed by atoms with Gasteiger partial charge in [0.25, 0.3) is 0 Å². The Hall–Kier alpha value is -1.13. The lowest BCUT2D eigenvalue weighted by Gasteiger charge is -2.10. The molecule has 86 valence electrons. The van der Waals surface area contributed by atoms with E-state index in [0.717, 1.165) is 18.7 Å². The van der Waals surface area contributed by atoms with Gasteiger partial charge in [0.05, 0.1) is 0 Å². The zero-order chi connectivity index (χ0) is 11.5. The Bertz CT molecular complexity index is 458. The van der Waals surface area contributed by atoms with Crippen LogP contribution < -0.4 is 5.73 Å². The van der Waals surface area contributed by atoms with Gasteiger partial charge in [-0.15, -0.1) is 11.3 Å². The molecule has 0 aliphatic rings. The number of rotatable bonds is 4. The maximum Gasteiger partial charge on any atom is 0.108 e. The first-order valence-corrected chi connectivity index (χ1v) is 6.32. The van der Waals surface area contributed by atoms with Gasteiger partial charge in [-0.25, -0.2) is 4.98 Å². The van der Waals surface area contributed by atoms with Gasteiger partial charge in [-0.05, 0) is 30.4 Å². The van der Waals surface area contributed by atoms with Crippen LogP contribution in [0.4, 0.5) is 0 Å². The maximum absolute atomic E-state index is 6.18. The van der Waals surface area contributed by atoms with E-state index in [2.05, 4.69) is 23.4 Å². The Morgan fingerprint density at radius 1 is 1.56 bits per heavy atom. The third kappa shape index (κ3) is 2.33. The molecule has 0 saturated carbocycles. The average molecular weight is 235 g/mol. The van der Waals surface area contributed by atoms with E-state index in [1.165, 1.54) is 10.4 Å². The quantitative estimate of drug-likeness (QED) is 0.884. The first kappa shape index (κ1) is 11.4. The van der Waals surface area contributed by atoms with Gasteiger partial charge in [0.2, 0.25) is 0 Å². The van der Waals surface area contributed by atoms with Crippen molar-refractivity contribution in [2.24, 2.45) is 12.8 Å². The van der Waals surface area contributed by atoms with Gasteiger partial charge < -0.3 is 10.3 Å². The number of imidazole rings is 1. The molecule has 0 radical (unpaired) electrons. The largest absolute Gasteiger partial charge is 0.338 e. The standard InChI is InChI=1S/C12H17N3S/c1-9-5-8-16-12(9)10(13)3-4-11-14-6-7-15(11)2/h5-8,10H,3-4,13H2,1-2H3. The van der Waals surface area contributed by atoms with E-state index in [-0.39, 0.29) is 6.04 Å². The lowest BCUT2D eigenvalue weighted by Crippen LogP contribution is -2.12. The highest BCUT2D eigenvalue weighted by Crippen LogP contribution is 2.25. The Morgan fingerprint density at radius 3 is 2.94 bits per heavy atom. The second-order valence-corrected chi connectivity index (χ2v) is 5.02. The van der Waals surface area contributed by atoms with Gasteiger partial charge in [0.1, 0.15) is 5.82 Å². The second kappa shape index (κ2) is 4.80. The zero-order valence-electron chi connectivity index (χ0n) is 9.68. The van der Waals surface area contributed by atoms with Gasteiger partial charge >= 0.3 is 0 Å². The molecule has 2 aromatic rings. The Kier molecular flexibility index (Phi) is 3.41. The summed E-state index contributed by atoms with van der Waals surface area (Å²) >= 11 is 1.75. The fourth-order valence-corrected chi connectivity index (χ4v) is 2.78. The van der Waals surface area contributed by atoms with Crippen molar-refractivity contribution >= 4 is 11.3 Å².